The van der Waals surface area contributed by atoms with Crippen LogP contribution in [-0.4, -0.2) is 6.16 Å². The van der Waals surface area contributed by atoms with Gasteiger partial charge in [-0.15, -0.1) is 0 Å². The van der Waals surface area contributed by atoms with E-state index in [9.17, 15) is 0 Å². The molecule has 0 fully saturated rings. The molecule has 1 heteroatoms. The number of rotatable bonds is 4. The van der Waals surface area contributed by atoms with Crippen molar-refractivity contribution in [2.45, 2.75) is 27.7 Å². The molecule has 0 aromatic carbocycles. The zero-order valence-electron chi connectivity index (χ0n) is 7.57. The fraction of sp³-hybridized carbons (Fsp3) is 0.778. The van der Waals surface area contributed by atoms with Crippen molar-refractivity contribution in [3.8, 4) is 0 Å². The third-order valence-corrected chi connectivity index (χ3v) is 3.22. The van der Waals surface area contributed by atoms with Crippen LogP contribution in [0.2, 0.25) is 0 Å². The lowest BCUT2D eigenvalue weighted by Gasteiger charge is -2.17. The summed E-state index contributed by atoms with van der Waals surface area (Å²) in [7, 11) is 0.967. The van der Waals surface area contributed by atoms with Crippen LogP contribution in [0.4, 0.5) is 0 Å². The van der Waals surface area contributed by atoms with Crippen molar-refractivity contribution in [2.75, 3.05) is 6.16 Å². The largest absolute Gasteiger partial charge is 0.0955 e. The molecule has 0 rings (SSSR count). The molecule has 0 saturated carbocycles. The van der Waals surface area contributed by atoms with Crippen LogP contribution in [0.3, 0.4) is 0 Å². The molecule has 0 nitrogen and oxygen atoms in total. The van der Waals surface area contributed by atoms with Gasteiger partial charge < -0.3 is 0 Å². The Hall–Kier alpha value is 0.170. The van der Waals surface area contributed by atoms with E-state index in [-0.39, 0.29) is 0 Å². The third-order valence-electron chi connectivity index (χ3n) is 1.95. The van der Waals surface area contributed by atoms with E-state index in [0.29, 0.717) is 5.92 Å². The molecule has 0 saturated heterocycles. The van der Waals surface area contributed by atoms with E-state index < -0.39 is 0 Å². The molecule has 0 amide bonds. The second kappa shape index (κ2) is 4.91. The summed E-state index contributed by atoms with van der Waals surface area (Å²) in [5.74, 6) is 1.46. The predicted molar refractivity (Wildman–Crippen MR) is 52.0 cm³/mol. The minimum Gasteiger partial charge on any atom is -0.0955 e. The van der Waals surface area contributed by atoms with Crippen LogP contribution in [0.25, 0.3) is 0 Å². The highest BCUT2D eigenvalue weighted by Crippen LogP contribution is 2.32. The average Bonchev–Trinajstić information content (AvgIpc) is 1.87. The number of hydrogen-bond acceptors (Lipinski definition) is 0. The monoisotopic (exact) mass is 158 g/mol. The molecule has 0 aromatic heterocycles. The SMILES string of the molecule is C=C(PCC)C(C)C(C)C. The summed E-state index contributed by atoms with van der Waals surface area (Å²) in [4.78, 5) is 0. The normalized spacial score (nSPS) is 14.9. The molecule has 0 radical (unpaired) electrons. The third kappa shape index (κ3) is 3.37. The van der Waals surface area contributed by atoms with Crippen molar-refractivity contribution in [1.29, 1.82) is 0 Å². The van der Waals surface area contributed by atoms with Crippen molar-refractivity contribution in [1.82, 2.24) is 0 Å². The lowest BCUT2D eigenvalue weighted by molar-refractivity contribution is 0.498. The van der Waals surface area contributed by atoms with E-state index in [1.165, 1.54) is 11.5 Å². The molecular weight excluding hydrogens is 139 g/mol. The van der Waals surface area contributed by atoms with Crippen LogP contribution in [0.1, 0.15) is 27.7 Å². The van der Waals surface area contributed by atoms with Gasteiger partial charge in [0.2, 0.25) is 0 Å². The van der Waals surface area contributed by atoms with E-state index >= 15 is 0 Å². The van der Waals surface area contributed by atoms with Crippen molar-refractivity contribution in [3.63, 3.8) is 0 Å². The van der Waals surface area contributed by atoms with Gasteiger partial charge in [0.15, 0.2) is 0 Å². The van der Waals surface area contributed by atoms with E-state index in [0.717, 1.165) is 14.5 Å². The Morgan fingerprint density at radius 1 is 1.40 bits per heavy atom. The quantitative estimate of drug-likeness (QED) is 0.549. The standard InChI is InChI=1S/C9H19P/c1-6-10-9(5)8(4)7(2)3/h7-8,10H,5-6H2,1-4H3. The molecule has 0 aliphatic heterocycles. The first-order chi connectivity index (χ1) is 4.59. The average molecular weight is 158 g/mol. The van der Waals surface area contributed by atoms with E-state index in [2.05, 4.69) is 34.3 Å². The van der Waals surface area contributed by atoms with Crippen LogP contribution in [0.15, 0.2) is 11.9 Å². The maximum absolute atomic E-state index is 4.08. The van der Waals surface area contributed by atoms with Crippen molar-refractivity contribution < 1.29 is 0 Å². The smallest absolute Gasteiger partial charge is 0.0171 e. The Morgan fingerprint density at radius 2 is 1.90 bits per heavy atom. The van der Waals surface area contributed by atoms with Gasteiger partial charge in [-0.2, -0.15) is 0 Å². The maximum Gasteiger partial charge on any atom is -0.0171 e. The second-order valence-electron chi connectivity index (χ2n) is 3.09. The van der Waals surface area contributed by atoms with Crippen molar-refractivity contribution in [3.05, 3.63) is 11.9 Å². The van der Waals surface area contributed by atoms with Gasteiger partial charge in [0.05, 0.1) is 0 Å². The first-order valence-corrected chi connectivity index (χ1v) is 5.23. The highest BCUT2D eigenvalue weighted by Gasteiger charge is 2.09. The zero-order chi connectivity index (χ0) is 8.15. The molecule has 0 spiro atoms. The Kier molecular flexibility index (Phi) is 4.99. The second-order valence-corrected chi connectivity index (χ2v) is 4.79. The van der Waals surface area contributed by atoms with Gasteiger partial charge in [0.1, 0.15) is 0 Å². The fourth-order valence-electron chi connectivity index (χ4n) is 0.790. The van der Waals surface area contributed by atoms with Gasteiger partial charge in [-0.25, -0.2) is 0 Å². The summed E-state index contributed by atoms with van der Waals surface area (Å²) in [5, 5.41) is 1.44. The number of allylic oxidation sites excluding steroid dienone is 1. The van der Waals surface area contributed by atoms with Gasteiger partial charge in [-0.05, 0) is 18.0 Å². The number of hydrogen-bond donors (Lipinski definition) is 0. The lowest BCUT2D eigenvalue weighted by atomic mass is 9.98. The molecular formula is C9H19P. The minimum absolute atomic E-state index is 0.707. The van der Waals surface area contributed by atoms with Crippen LogP contribution in [0.5, 0.6) is 0 Å². The molecule has 0 bridgehead atoms. The Morgan fingerprint density at radius 3 is 2.20 bits per heavy atom. The molecule has 0 N–H and O–H groups in total. The maximum atomic E-state index is 4.08. The van der Waals surface area contributed by atoms with E-state index in [4.69, 9.17) is 0 Å². The molecule has 10 heavy (non-hydrogen) atoms. The highest BCUT2D eigenvalue weighted by atomic mass is 31.1. The van der Waals surface area contributed by atoms with Crippen LogP contribution < -0.4 is 0 Å². The molecule has 0 aliphatic rings. The van der Waals surface area contributed by atoms with Crippen LogP contribution in [0, 0.1) is 11.8 Å². The van der Waals surface area contributed by atoms with Crippen molar-refractivity contribution >= 4 is 8.58 Å². The highest BCUT2D eigenvalue weighted by molar-refractivity contribution is 7.42. The van der Waals surface area contributed by atoms with E-state index in [1.54, 1.807) is 0 Å². The van der Waals surface area contributed by atoms with Gasteiger partial charge in [0.25, 0.3) is 0 Å². The Labute approximate surface area is 66.9 Å². The topological polar surface area (TPSA) is 0 Å². The summed E-state index contributed by atoms with van der Waals surface area (Å²) in [6.07, 6.45) is 1.26. The summed E-state index contributed by atoms with van der Waals surface area (Å²) in [5.41, 5.74) is 0. The molecule has 0 aromatic rings. The summed E-state index contributed by atoms with van der Waals surface area (Å²) >= 11 is 0. The molecule has 60 valence electrons. The molecule has 0 heterocycles. The van der Waals surface area contributed by atoms with Crippen molar-refractivity contribution in [2.24, 2.45) is 11.8 Å². The van der Waals surface area contributed by atoms with E-state index in [1.807, 2.05) is 0 Å². The van der Waals surface area contributed by atoms with Crippen LogP contribution >= 0.6 is 8.58 Å². The zero-order valence-corrected chi connectivity index (χ0v) is 8.57. The minimum atomic E-state index is 0.707. The van der Waals surface area contributed by atoms with Crippen LogP contribution in [-0.2, 0) is 0 Å². The van der Waals surface area contributed by atoms with Gasteiger partial charge in [-0.1, -0.05) is 48.2 Å². The van der Waals surface area contributed by atoms with Gasteiger partial charge in [-0.3, -0.25) is 0 Å². The molecule has 2 unspecified atom stereocenters. The Balaban J connectivity index is 3.71. The first-order valence-electron chi connectivity index (χ1n) is 4.02. The summed E-state index contributed by atoms with van der Waals surface area (Å²) in [6, 6.07) is 0. The summed E-state index contributed by atoms with van der Waals surface area (Å²) < 4.78 is 0. The van der Waals surface area contributed by atoms with Gasteiger partial charge in [0, 0.05) is 0 Å². The first kappa shape index (κ1) is 10.2. The fourth-order valence-corrected chi connectivity index (χ4v) is 1.90. The molecule has 2 atom stereocenters. The molecule has 0 aliphatic carbocycles. The van der Waals surface area contributed by atoms with Gasteiger partial charge >= 0.3 is 0 Å². The Bertz CT molecular complexity index is 105. The lowest BCUT2D eigenvalue weighted by Crippen LogP contribution is -2.03. The summed E-state index contributed by atoms with van der Waals surface area (Å²) in [6.45, 7) is 13.1. The predicted octanol–water partition coefficient (Wildman–Crippen LogP) is 3.49.